The van der Waals surface area contributed by atoms with E-state index in [-0.39, 0.29) is 24.9 Å². The van der Waals surface area contributed by atoms with Crippen molar-refractivity contribution in [2.24, 2.45) is 0 Å². The number of carbonyl (C=O) groups is 1. The summed E-state index contributed by atoms with van der Waals surface area (Å²) in [4.78, 5) is 25.4. The van der Waals surface area contributed by atoms with E-state index >= 15 is 0 Å². The monoisotopic (exact) mass is 579 g/mol. The molecule has 1 heterocycles. The first-order chi connectivity index (χ1) is 21.5. The average Bonchev–Trinajstić information content (AvgIpc) is 3.07. The van der Waals surface area contributed by atoms with E-state index in [1.807, 2.05) is 84.9 Å². The number of hydrogen-bond donors (Lipinski definition) is 1. The van der Waals surface area contributed by atoms with Gasteiger partial charge in [-0.3, -0.25) is 4.79 Å². The number of carbonyl (C=O) groups excluding carboxylic acids is 1. The number of rotatable bonds is 9. The zero-order valence-electron chi connectivity index (χ0n) is 24.1. The van der Waals surface area contributed by atoms with Crippen molar-refractivity contribution in [3.05, 3.63) is 127 Å². The second-order valence-electron chi connectivity index (χ2n) is 10.1. The van der Waals surface area contributed by atoms with Gasteiger partial charge in [0.15, 0.2) is 17.5 Å². The minimum atomic E-state index is -0.377. The Balaban J connectivity index is 1.36. The number of phenolic OH excluding ortho intramolecular Hbond substituents is 1. The lowest BCUT2D eigenvalue weighted by Gasteiger charge is -2.12. The van der Waals surface area contributed by atoms with Crippen LogP contribution in [0.4, 0.5) is 0 Å². The third kappa shape index (κ3) is 6.63. The van der Waals surface area contributed by atoms with E-state index in [1.165, 1.54) is 13.0 Å². The molecule has 1 aromatic heterocycles. The molecule has 216 valence electrons. The summed E-state index contributed by atoms with van der Waals surface area (Å²) in [5, 5.41) is 11.0. The zero-order valence-corrected chi connectivity index (χ0v) is 24.1. The highest BCUT2D eigenvalue weighted by atomic mass is 16.6. The van der Waals surface area contributed by atoms with Gasteiger partial charge in [-0.25, -0.2) is 15.0 Å². The molecule has 0 aliphatic rings. The Hall–Kier alpha value is -5.82. The number of aromatic hydroxyl groups is 1. The molecule has 0 spiro atoms. The SMILES string of the molecule is CC(=O)OCCOc1ccc(-c2nc(-c3ccc(-c4ccccc4)cc3)nc(-c3ccc(-c4ccccc4)cc3)n2)c(O)c1. The molecule has 0 amide bonds. The Bertz CT molecular complexity index is 1770. The van der Waals surface area contributed by atoms with E-state index in [2.05, 4.69) is 24.3 Å². The number of phenols is 1. The zero-order chi connectivity index (χ0) is 30.3. The van der Waals surface area contributed by atoms with Crippen molar-refractivity contribution < 1.29 is 19.4 Å². The van der Waals surface area contributed by atoms with E-state index in [4.69, 9.17) is 24.4 Å². The van der Waals surface area contributed by atoms with Crippen LogP contribution in [0.15, 0.2) is 127 Å². The number of ether oxygens (including phenoxy) is 2. The predicted octanol–water partition coefficient (Wildman–Crippen LogP) is 7.85. The van der Waals surface area contributed by atoms with Crippen LogP contribution in [0.2, 0.25) is 0 Å². The summed E-state index contributed by atoms with van der Waals surface area (Å²) < 4.78 is 10.5. The van der Waals surface area contributed by atoms with Gasteiger partial charge in [-0.2, -0.15) is 0 Å². The van der Waals surface area contributed by atoms with E-state index in [1.54, 1.807) is 12.1 Å². The summed E-state index contributed by atoms with van der Waals surface area (Å²) in [6, 6.07) is 41.4. The Kier molecular flexibility index (Phi) is 8.36. The molecule has 0 fully saturated rings. The molecule has 7 nitrogen and oxygen atoms in total. The van der Waals surface area contributed by atoms with Gasteiger partial charge in [-0.15, -0.1) is 0 Å². The summed E-state index contributed by atoms with van der Waals surface area (Å²) in [6.45, 7) is 1.62. The molecule has 5 aromatic carbocycles. The Morgan fingerprint density at radius 1 is 0.568 bits per heavy atom. The molecule has 0 aliphatic carbocycles. The molecule has 0 saturated heterocycles. The standard InChI is InChI=1S/C37H29N3O4/c1-25(41)43-22-23-44-32-20-21-33(34(42)24-32)37-39-35(30-16-12-28(13-17-30)26-8-4-2-5-9-26)38-36(40-37)31-18-14-29(15-19-31)27-10-6-3-7-11-27/h2-21,24,42H,22-23H2,1H3. The fraction of sp³-hybridized carbons (Fsp3) is 0.0811. The van der Waals surface area contributed by atoms with Crippen molar-refractivity contribution in [1.82, 2.24) is 15.0 Å². The minimum absolute atomic E-state index is 0.0445. The second kappa shape index (κ2) is 13.0. The van der Waals surface area contributed by atoms with E-state index < -0.39 is 0 Å². The second-order valence-corrected chi connectivity index (χ2v) is 10.1. The topological polar surface area (TPSA) is 94.4 Å². The fourth-order valence-electron chi connectivity index (χ4n) is 4.77. The molecule has 0 bridgehead atoms. The summed E-state index contributed by atoms with van der Waals surface area (Å²) in [7, 11) is 0. The van der Waals surface area contributed by atoms with Crippen LogP contribution >= 0.6 is 0 Å². The summed E-state index contributed by atoms with van der Waals surface area (Å²) in [6.07, 6.45) is 0. The van der Waals surface area contributed by atoms with Crippen LogP contribution in [0, 0.1) is 0 Å². The van der Waals surface area contributed by atoms with Gasteiger partial charge in [-0.1, -0.05) is 109 Å². The highest BCUT2D eigenvalue weighted by Crippen LogP contribution is 2.33. The van der Waals surface area contributed by atoms with Crippen LogP contribution in [0.25, 0.3) is 56.4 Å². The van der Waals surface area contributed by atoms with Gasteiger partial charge in [0, 0.05) is 24.1 Å². The molecule has 0 atom stereocenters. The van der Waals surface area contributed by atoms with Crippen LogP contribution in [0.5, 0.6) is 11.5 Å². The Morgan fingerprint density at radius 3 is 1.50 bits per heavy atom. The molecular formula is C37H29N3O4. The molecule has 7 heteroatoms. The summed E-state index contributed by atoms with van der Waals surface area (Å²) in [5.41, 5.74) is 6.48. The number of aromatic nitrogens is 3. The lowest BCUT2D eigenvalue weighted by atomic mass is 10.0. The molecule has 6 aromatic rings. The van der Waals surface area contributed by atoms with Crippen LogP contribution in [0.1, 0.15) is 6.92 Å². The van der Waals surface area contributed by atoms with Crippen molar-refractivity contribution >= 4 is 5.97 Å². The number of benzene rings is 5. The van der Waals surface area contributed by atoms with Gasteiger partial charge < -0.3 is 14.6 Å². The molecule has 0 aliphatic heterocycles. The largest absolute Gasteiger partial charge is 0.507 e. The van der Waals surface area contributed by atoms with Gasteiger partial charge in [0.1, 0.15) is 24.7 Å². The summed E-state index contributed by atoms with van der Waals surface area (Å²) in [5.74, 6) is 1.31. The van der Waals surface area contributed by atoms with Crippen LogP contribution in [-0.4, -0.2) is 39.2 Å². The first kappa shape index (κ1) is 28.3. The maximum absolute atomic E-state index is 11.0. The maximum Gasteiger partial charge on any atom is 0.302 e. The van der Waals surface area contributed by atoms with Crippen molar-refractivity contribution in [3.8, 4) is 67.9 Å². The molecule has 44 heavy (non-hydrogen) atoms. The van der Waals surface area contributed by atoms with Gasteiger partial charge >= 0.3 is 5.97 Å². The van der Waals surface area contributed by atoms with Crippen molar-refractivity contribution in [3.63, 3.8) is 0 Å². The van der Waals surface area contributed by atoms with Gasteiger partial charge in [0.05, 0.1) is 5.56 Å². The first-order valence-corrected chi connectivity index (χ1v) is 14.2. The quantitative estimate of drug-likeness (QED) is 0.138. The molecule has 0 radical (unpaired) electrons. The van der Waals surface area contributed by atoms with Crippen molar-refractivity contribution in [2.45, 2.75) is 6.92 Å². The van der Waals surface area contributed by atoms with Crippen LogP contribution in [-0.2, 0) is 9.53 Å². The number of nitrogens with zero attached hydrogens (tertiary/aromatic N) is 3. The third-order valence-electron chi connectivity index (χ3n) is 7.00. The van der Waals surface area contributed by atoms with Gasteiger partial charge in [0.25, 0.3) is 0 Å². The molecule has 0 saturated carbocycles. The van der Waals surface area contributed by atoms with Crippen LogP contribution < -0.4 is 4.74 Å². The first-order valence-electron chi connectivity index (χ1n) is 14.2. The normalized spacial score (nSPS) is 10.8. The van der Waals surface area contributed by atoms with Crippen molar-refractivity contribution in [1.29, 1.82) is 0 Å². The highest BCUT2D eigenvalue weighted by molar-refractivity contribution is 5.73. The molecule has 0 unspecified atom stereocenters. The van der Waals surface area contributed by atoms with Crippen LogP contribution in [0.3, 0.4) is 0 Å². The van der Waals surface area contributed by atoms with E-state index in [0.717, 1.165) is 33.4 Å². The Labute approximate surface area is 255 Å². The van der Waals surface area contributed by atoms with Gasteiger partial charge in [0.2, 0.25) is 0 Å². The summed E-state index contributed by atoms with van der Waals surface area (Å²) >= 11 is 0. The molecule has 6 rings (SSSR count). The van der Waals surface area contributed by atoms with E-state index in [0.29, 0.717) is 28.8 Å². The predicted molar refractivity (Wildman–Crippen MR) is 171 cm³/mol. The lowest BCUT2D eigenvalue weighted by Crippen LogP contribution is -2.09. The average molecular weight is 580 g/mol. The third-order valence-corrected chi connectivity index (χ3v) is 7.00. The molecule has 1 N–H and O–H groups in total. The van der Waals surface area contributed by atoms with Crippen molar-refractivity contribution in [2.75, 3.05) is 13.2 Å². The Morgan fingerprint density at radius 2 is 1.02 bits per heavy atom. The van der Waals surface area contributed by atoms with E-state index in [9.17, 15) is 9.90 Å². The minimum Gasteiger partial charge on any atom is -0.507 e. The fourth-order valence-corrected chi connectivity index (χ4v) is 4.77. The number of esters is 1. The molecular weight excluding hydrogens is 550 g/mol. The maximum atomic E-state index is 11.0. The highest BCUT2D eigenvalue weighted by Gasteiger charge is 2.16. The smallest absolute Gasteiger partial charge is 0.302 e. The van der Waals surface area contributed by atoms with Gasteiger partial charge in [-0.05, 0) is 34.4 Å². The lowest BCUT2D eigenvalue weighted by molar-refractivity contribution is -0.141. The number of hydrogen-bond acceptors (Lipinski definition) is 7.